The lowest BCUT2D eigenvalue weighted by Gasteiger charge is -2.11. The zero-order valence-electron chi connectivity index (χ0n) is 11.5. The molecular weight excluding hydrogens is 363 g/mol. The molecule has 0 atom stereocenters. The van der Waals surface area contributed by atoms with Gasteiger partial charge in [0, 0.05) is 10.7 Å². The zero-order valence-corrected chi connectivity index (χ0v) is 13.8. The van der Waals surface area contributed by atoms with Crippen molar-refractivity contribution in [3.8, 4) is 0 Å². The van der Waals surface area contributed by atoms with Crippen molar-refractivity contribution in [2.75, 3.05) is 10.7 Å². The number of sulfonamides is 1. The molecule has 0 aliphatic rings. The maximum atomic E-state index is 11.7. The predicted molar refractivity (Wildman–Crippen MR) is 90.1 cm³/mol. The lowest BCUT2D eigenvalue weighted by Crippen LogP contribution is -2.33. The number of carbonyl (C=O) groups is 1. The van der Waals surface area contributed by atoms with Gasteiger partial charge in [0.1, 0.15) is 0 Å². The lowest BCUT2D eigenvalue weighted by atomic mass is 10.3. The summed E-state index contributed by atoms with van der Waals surface area (Å²) in [5.74, 6) is 0. The first-order valence-electron chi connectivity index (χ1n) is 6.16. The normalized spacial score (nSPS) is 10.9. The second-order valence-electron chi connectivity index (χ2n) is 4.40. The molecule has 2 aromatic rings. The molecule has 0 saturated heterocycles. The van der Waals surface area contributed by atoms with Gasteiger partial charge in [0.25, 0.3) is 0 Å². The van der Waals surface area contributed by atoms with Crippen LogP contribution in [0.1, 0.15) is 0 Å². The van der Waals surface area contributed by atoms with Crippen molar-refractivity contribution in [2.45, 2.75) is 4.90 Å². The van der Waals surface area contributed by atoms with Crippen molar-refractivity contribution in [3.05, 3.63) is 52.5 Å². The van der Waals surface area contributed by atoms with Gasteiger partial charge in [-0.05, 0) is 42.5 Å². The summed E-state index contributed by atoms with van der Waals surface area (Å²) in [6.45, 7) is 0. The zero-order chi connectivity index (χ0) is 17.0. The number of nitrogens with two attached hydrogens (primary N) is 1. The molecule has 0 aliphatic heterocycles. The molecule has 0 bridgehead atoms. The number of halogens is 2. The minimum Gasteiger partial charge on any atom is -0.307 e. The molecule has 0 radical (unpaired) electrons. The average Bonchev–Trinajstić information content (AvgIpc) is 2.46. The Balaban J connectivity index is 1.94. The van der Waals surface area contributed by atoms with E-state index in [2.05, 4.69) is 16.2 Å². The first-order chi connectivity index (χ1) is 10.8. The fourth-order valence-corrected chi connectivity index (χ4v) is 2.58. The molecule has 0 heterocycles. The van der Waals surface area contributed by atoms with Crippen molar-refractivity contribution in [3.63, 3.8) is 0 Å². The molecule has 2 aromatic carbocycles. The highest BCUT2D eigenvalue weighted by molar-refractivity contribution is 7.89. The topological polar surface area (TPSA) is 113 Å². The van der Waals surface area contributed by atoms with Crippen molar-refractivity contribution in [1.29, 1.82) is 0 Å². The number of nitrogens with one attached hydrogen (secondary N) is 3. The molecule has 7 nitrogen and oxygen atoms in total. The van der Waals surface area contributed by atoms with Gasteiger partial charge in [0.05, 0.1) is 15.6 Å². The average molecular weight is 375 g/mol. The van der Waals surface area contributed by atoms with Crippen LogP contribution in [0.3, 0.4) is 0 Å². The van der Waals surface area contributed by atoms with Crippen LogP contribution in [0.25, 0.3) is 0 Å². The van der Waals surface area contributed by atoms with Gasteiger partial charge in [-0.2, -0.15) is 0 Å². The van der Waals surface area contributed by atoms with E-state index in [1.807, 2.05) is 0 Å². The standard InChI is InChI=1S/C13H12Cl2N4O3S/c14-8-1-6-12(11(15)7-8)18-19-13(20)17-9-2-4-10(5-3-9)23(16,21)22/h1-7,18H,(H2,16,21,22)(H2,17,19,20). The Hall–Kier alpha value is -2.00. The first-order valence-corrected chi connectivity index (χ1v) is 8.47. The number of amides is 2. The Kier molecular flexibility index (Phi) is 5.32. The molecule has 0 fully saturated rings. The third kappa shape index (κ3) is 5.00. The van der Waals surface area contributed by atoms with E-state index in [1.54, 1.807) is 12.1 Å². The number of benzene rings is 2. The Bertz CT molecular complexity index is 826. The smallest absolute Gasteiger partial charge is 0.307 e. The van der Waals surface area contributed by atoms with Gasteiger partial charge in [0.15, 0.2) is 0 Å². The van der Waals surface area contributed by atoms with Crippen molar-refractivity contribution < 1.29 is 13.2 Å². The molecule has 2 rings (SSSR count). The van der Waals surface area contributed by atoms with E-state index in [1.165, 1.54) is 30.3 Å². The Labute approximate surface area is 142 Å². The largest absolute Gasteiger partial charge is 0.337 e. The highest BCUT2D eigenvalue weighted by atomic mass is 35.5. The van der Waals surface area contributed by atoms with Crippen molar-refractivity contribution in [2.24, 2.45) is 5.14 Å². The lowest BCUT2D eigenvalue weighted by molar-refractivity contribution is 0.254. The molecule has 0 unspecified atom stereocenters. The molecule has 0 spiro atoms. The van der Waals surface area contributed by atoms with Gasteiger partial charge in [-0.3, -0.25) is 10.9 Å². The van der Waals surface area contributed by atoms with Crippen molar-refractivity contribution in [1.82, 2.24) is 5.43 Å². The Morgan fingerprint density at radius 2 is 1.70 bits per heavy atom. The number of hydrogen-bond donors (Lipinski definition) is 4. The first kappa shape index (κ1) is 17.4. The van der Waals surface area contributed by atoms with E-state index in [0.29, 0.717) is 21.4 Å². The molecule has 5 N–H and O–H groups in total. The van der Waals surface area contributed by atoms with E-state index < -0.39 is 16.1 Å². The fourth-order valence-electron chi connectivity index (χ4n) is 1.61. The summed E-state index contributed by atoms with van der Waals surface area (Å²) in [6, 6.07) is 9.57. The fraction of sp³-hybridized carbons (Fsp3) is 0. The maximum absolute atomic E-state index is 11.7. The molecule has 0 aliphatic carbocycles. The summed E-state index contributed by atoms with van der Waals surface area (Å²) in [5, 5.41) is 8.30. The highest BCUT2D eigenvalue weighted by Gasteiger charge is 2.08. The summed E-state index contributed by atoms with van der Waals surface area (Å²) in [7, 11) is -3.77. The number of rotatable bonds is 4. The molecule has 0 aromatic heterocycles. The van der Waals surface area contributed by atoms with E-state index in [-0.39, 0.29) is 4.90 Å². The molecule has 10 heteroatoms. The van der Waals surface area contributed by atoms with E-state index in [9.17, 15) is 13.2 Å². The van der Waals surface area contributed by atoms with E-state index >= 15 is 0 Å². The molecule has 23 heavy (non-hydrogen) atoms. The number of urea groups is 1. The number of anilines is 2. The van der Waals surface area contributed by atoms with Crippen LogP contribution in [0.5, 0.6) is 0 Å². The van der Waals surface area contributed by atoms with Gasteiger partial charge in [-0.1, -0.05) is 23.2 Å². The summed E-state index contributed by atoms with van der Waals surface area (Å²) in [6.07, 6.45) is 0. The predicted octanol–water partition coefficient (Wildman–Crippen LogP) is 2.79. The van der Waals surface area contributed by atoms with Crippen LogP contribution in [0, 0.1) is 0 Å². The van der Waals surface area contributed by atoms with Crippen LogP contribution < -0.4 is 21.3 Å². The monoisotopic (exact) mass is 374 g/mol. The van der Waals surface area contributed by atoms with Crippen LogP contribution in [-0.4, -0.2) is 14.4 Å². The van der Waals surface area contributed by atoms with Crippen molar-refractivity contribution >= 4 is 50.6 Å². The van der Waals surface area contributed by atoms with Crippen LogP contribution in [0.4, 0.5) is 16.2 Å². The van der Waals surface area contributed by atoms with Crippen LogP contribution in [0.2, 0.25) is 10.0 Å². The van der Waals surface area contributed by atoms with E-state index in [4.69, 9.17) is 28.3 Å². The van der Waals surface area contributed by atoms with Crippen LogP contribution in [0.15, 0.2) is 47.4 Å². The Morgan fingerprint density at radius 1 is 1.04 bits per heavy atom. The van der Waals surface area contributed by atoms with Crippen LogP contribution in [-0.2, 0) is 10.0 Å². The van der Waals surface area contributed by atoms with Gasteiger partial charge in [-0.15, -0.1) is 0 Å². The van der Waals surface area contributed by atoms with E-state index in [0.717, 1.165) is 0 Å². The third-order valence-corrected chi connectivity index (χ3v) is 4.16. The number of hydrogen-bond acceptors (Lipinski definition) is 4. The second-order valence-corrected chi connectivity index (χ2v) is 6.80. The van der Waals surface area contributed by atoms with Gasteiger partial charge < -0.3 is 5.32 Å². The summed E-state index contributed by atoms with van der Waals surface area (Å²) in [4.78, 5) is 11.7. The minimum absolute atomic E-state index is 0.0467. The van der Waals surface area contributed by atoms with Gasteiger partial charge >= 0.3 is 6.03 Å². The van der Waals surface area contributed by atoms with Gasteiger partial charge in [-0.25, -0.2) is 18.4 Å². The highest BCUT2D eigenvalue weighted by Crippen LogP contribution is 2.24. The van der Waals surface area contributed by atoms with Gasteiger partial charge in [0.2, 0.25) is 10.0 Å². The number of carbonyl (C=O) groups excluding carboxylic acids is 1. The quantitative estimate of drug-likeness (QED) is 0.616. The Morgan fingerprint density at radius 3 is 2.26 bits per heavy atom. The minimum atomic E-state index is -3.77. The van der Waals surface area contributed by atoms with Crippen LogP contribution >= 0.6 is 23.2 Å². The second kappa shape index (κ2) is 7.05. The molecular formula is C13H12Cl2N4O3S. The SMILES string of the molecule is NS(=O)(=O)c1ccc(NC(=O)NNc2ccc(Cl)cc2Cl)cc1. The third-order valence-electron chi connectivity index (χ3n) is 2.68. The molecule has 122 valence electrons. The number of primary sulfonamides is 1. The summed E-state index contributed by atoms with van der Waals surface area (Å²) >= 11 is 11.7. The summed E-state index contributed by atoms with van der Waals surface area (Å²) in [5.41, 5.74) is 5.87. The number of hydrazine groups is 1. The molecule has 0 saturated carbocycles. The maximum Gasteiger partial charge on any atom is 0.337 e. The summed E-state index contributed by atoms with van der Waals surface area (Å²) < 4.78 is 22.3. The molecule has 2 amide bonds.